The second-order valence-corrected chi connectivity index (χ2v) is 8.71. The number of ether oxygens (including phenoxy) is 1. The highest BCUT2D eigenvalue weighted by Crippen LogP contribution is 2.53. The van der Waals surface area contributed by atoms with E-state index in [1.165, 1.54) is 11.1 Å². The molecule has 0 saturated carbocycles. The molecule has 4 nitrogen and oxygen atoms in total. The summed E-state index contributed by atoms with van der Waals surface area (Å²) in [5, 5.41) is 3.39. The van der Waals surface area contributed by atoms with Crippen molar-refractivity contribution in [3.05, 3.63) is 82.4 Å². The molecule has 1 fully saturated rings. The van der Waals surface area contributed by atoms with Gasteiger partial charge in [0.25, 0.3) is 0 Å². The van der Waals surface area contributed by atoms with Gasteiger partial charge in [-0.2, -0.15) is 0 Å². The predicted octanol–water partition coefficient (Wildman–Crippen LogP) is 5.28. The lowest BCUT2D eigenvalue weighted by molar-refractivity contribution is -0.113. The van der Waals surface area contributed by atoms with Gasteiger partial charge in [0.2, 0.25) is 0 Å². The van der Waals surface area contributed by atoms with Crippen LogP contribution in [0.15, 0.2) is 82.4 Å². The summed E-state index contributed by atoms with van der Waals surface area (Å²) in [6.45, 7) is 13.2. The second kappa shape index (κ2) is 9.51. The number of fused-ring (bicyclic) bond motifs is 1. The molecule has 1 heterocycles. The van der Waals surface area contributed by atoms with Gasteiger partial charge in [0.15, 0.2) is 5.78 Å². The van der Waals surface area contributed by atoms with Crippen LogP contribution >= 0.6 is 0 Å². The lowest BCUT2D eigenvalue weighted by atomic mass is 9.72. The van der Waals surface area contributed by atoms with Crippen LogP contribution in [0.5, 0.6) is 0 Å². The summed E-state index contributed by atoms with van der Waals surface area (Å²) >= 11 is 0. The first-order chi connectivity index (χ1) is 14.8. The number of rotatable bonds is 10. The van der Waals surface area contributed by atoms with E-state index >= 15 is 0 Å². The van der Waals surface area contributed by atoms with E-state index in [-0.39, 0.29) is 17.1 Å². The number of carbonyl (C=O) groups excluding carboxylic acids is 2. The Kier molecular flexibility index (Phi) is 6.99. The van der Waals surface area contributed by atoms with E-state index in [1.807, 2.05) is 32.1 Å². The van der Waals surface area contributed by atoms with Crippen molar-refractivity contribution in [3.8, 4) is 0 Å². The van der Waals surface area contributed by atoms with Gasteiger partial charge in [0, 0.05) is 24.2 Å². The predicted molar refractivity (Wildman–Crippen MR) is 125 cm³/mol. The Hall–Kier alpha value is -2.88. The molecule has 0 aromatic heterocycles. The molecule has 1 aliphatic heterocycles. The van der Waals surface area contributed by atoms with Gasteiger partial charge < -0.3 is 14.8 Å². The van der Waals surface area contributed by atoms with E-state index in [0.717, 1.165) is 47.3 Å². The van der Waals surface area contributed by atoms with Crippen molar-refractivity contribution in [1.82, 2.24) is 5.32 Å². The Bertz CT molecular complexity index is 970. The summed E-state index contributed by atoms with van der Waals surface area (Å²) in [7, 11) is 0. The molecule has 1 N–H and O–H groups in total. The highest BCUT2D eigenvalue weighted by Gasteiger charge is 2.47. The van der Waals surface area contributed by atoms with Gasteiger partial charge in [-0.25, -0.2) is 0 Å². The Balaban J connectivity index is 1.78. The first kappa shape index (κ1) is 22.8. The molecule has 2 aliphatic carbocycles. The fourth-order valence-corrected chi connectivity index (χ4v) is 4.53. The van der Waals surface area contributed by atoms with Gasteiger partial charge in [-0.05, 0) is 74.0 Å². The molecule has 164 valence electrons. The summed E-state index contributed by atoms with van der Waals surface area (Å²) < 4.78 is 5.63. The highest BCUT2D eigenvalue weighted by molar-refractivity contribution is 5.98. The van der Waals surface area contributed by atoms with Gasteiger partial charge in [-0.15, -0.1) is 0 Å². The van der Waals surface area contributed by atoms with Gasteiger partial charge >= 0.3 is 0 Å². The SMILES string of the molecule is C=C(/C=C\C(=C/C)C(C)CC=O)NCC1=C(C2=CC=C3OCC32C)CCC=C1C(C)=O. The Morgan fingerprint density at radius 1 is 1.35 bits per heavy atom. The Morgan fingerprint density at radius 2 is 2.13 bits per heavy atom. The maximum atomic E-state index is 12.4. The first-order valence-electron chi connectivity index (χ1n) is 11.0. The van der Waals surface area contributed by atoms with Crippen molar-refractivity contribution in [2.24, 2.45) is 11.3 Å². The summed E-state index contributed by atoms with van der Waals surface area (Å²) in [5.74, 6) is 1.29. The standard InChI is InChI=1S/C27H33NO3/c1-6-21(18(2)14-15-29)11-10-19(3)28-16-24-22(20(4)30)8-7-9-23(24)25-12-13-26-27(25,5)17-31-26/h6,8,10-13,15,18,28H,3,7,9,14,16-17H2,1-2,4-5H3/b11-10-,21-6+. The third kappa shape index (κ3) is 4.58. The topological polar surface area (TPSA) is 55.4 Å². The molecule has 0 spiro atoms. The number of allylic oxidation sites excluding steroid dienone is 8. The minimum absolute atomic E-state index is 0.0632. The third-order valence-corrected chi connectivity index (χ3v) is 6.51. The van der Waals surface area contributed by atoms with Crippen LogP contribution in [0.4, 0.5) is 0 Å². The molecule has 0 aromatic rings. The number of nitrogens with one attached hydrogen (secondary N) is 1. The average molecular weight is 420 g/mol. The molecule has 1 saturated heterocycles. The fourth-order valence-electron chi connectivity index (χ4n) is 4.53. The van der Waals surface area contributed by atoms with Crippen molar-refractivity contribution in [2.45, 2.75) is 47.0 Å². The van der Waals surface area contributed by atoms with Crippen molar-refractivity contribution < 1.29 is 14.3 Å². The quantitative estimate of drug-likeness (QED) is 0.386. The van der Waals surface area contributed by atoms with Gasteiger partial charge in [-0.1, -0.05) is 37.8 Å². The zero-order valence-corrected chi connectivity index (χ0v) is 19.1. The smallest absolute Gasteiger partial charge is 0.159 e. The average Bonchev–Trinajstić information content (AvgIpc) is 2.96. The van der Waals surface area contributed by atoms with Gasteiger partial charge in [0.05, 0.1) is 5.41 Å². The molecular formula is C27H33NO3. The second-order valence-electron chi connectivity index (χ2n) is 8.71. The molecule has 31 heavy (non-hydrogen) atoms. The molecule has 4 heteroatoms. The van der Waals surface area contributed by atoms with Crippen molar-refractivity contribution in [2.75, 3.05) is 13.2 Å². The molecule has 3 rings (SSSR count). The molecule has 0 radical (unpaired) electrons. The molecule has 2 atom stereocenters. The van der Waals surface area contributed by atoms with Crippen molar-refractivity contribution in [1.29, 1.82) is 0 Å². The highest BCUT2D eigenvalue weighted by atomic mass is 16.5. The minimum atomic E-state index is -0.0632. The molecule has 0 aromatic carbocycles. The Labute approximate surface area is 185 Å². The summed E-state index contributed by atoms with van der Waals surface area (Å²) in [6.07, 6.45) is 15.5. The number of ketones is 1. The van der Waals surface area contributed by atoms with Crippen LogP contribution in [-0.2, 0) is 14.3 Å². The number of carbonyl (C=O) groups is 2. The van der Waals surface area contributed by atoms with Crippen molar-refractivity contribution in [3.63, 3.8) is 0 Å². The summed E-state index contributed by atoms with van der Waals surface area (Å²) in [6, 6.07) is 0. The van der Waals surface area contributed by atoms with Crippen LogP contribution in [0.25, 0.3) is 0 Å². The van der Waals surface area contributed by atoms with E-state index in [0.29, 0.717) is 19.6 Å². The van der Waals surface area contributed by atoms with E-state index in [2.05, 4.69) is 37.0 Å². The fraction of sp³-hybridized carbons (Fsp3) is 0.407. The van der Waals surface area contributed by atoms with Crippen LogP contribution in [0.1, 0.15) is 47.0 Å². The lowest BCUT2D eigenvalue weighted by Crippen LogP contribution is -2.38. The third-order valence-electron chi connectivity index (χ3n) is 6.51. The molecule has 0 amide bonds. The number of hydrogen-bond acceptors (Lipinski definition) is 4. The van der Waals surface area contributed by atoms with E-state index in [1.54, 1.807) is 6.92 Å². The maximum Gasteiger partial charge on any atom is 0.159 e. The zero-order valence-electron chi connectivity index (χ0n) is 19.1. The van der Waals surface area contributed by atoms with Crippen molar-refractivity contribution >= 4 is 12.1 Å². The minimum Gasteiger partial charge on any atom is -0.495 e. The van der Waals surface area contributed by atoms with E-state index in [9.17, 15) is 9.59 Å². The maximum absolute atomic E-state index is 12.4. The summed E-state index contributed by atoms with van der Waals surface area (Å²) in [4.78, 5) is 23.2. The number of Topliss-reactive ketones (excluding diaryl/α,β-unsaturated/α-hetero) is 1. The number of hydrogen-bond donors (Lipinski definition) is 1. The molecule has 0 bridgehead atoms. The van der Waals surface area contributed by atoms with Crippen LogP contribution in [0.3, 0.4) is 0 Å². The largest absolute Gasteiger partial charge is 0.495 e. The zero-order chi connectivity index (χ0) is 22.6. The van der Waals surface area contributed by atoms with Crippen LogP contribution in [-0.4, -0.2) is 25.2 Å². The first-order valence-corrected chi connectivity index (χ1v) is 11.0. The van der Waals surface area contributed by atoms with E-state index < -0.39 is 0 Å². The van der Waals surface area contributed by atoms with Gasteiger partial charge in [-0.3, -0.25) is 4.79 Å². The summed E-state index contributed by atoms with van der Waals surface area (Å²) in [5.41, 5.74) is 6.20. The molecular weight excluding hydrogens is 386 g/mol. The van der Waals surface area contributed by atoms with Crippen LogP contribution in [0.2, 0.25) is 0 Å². The molecule has 2 unspecified atom stereocenters. The van der Waals surface area contributed by atoms with Crippen LogP contribution < -0.4 is 5.32 Å². The normalized spacial score (nSPS) is 23.9. The molecule has 3 aliphatic rings. The van der Waals surface area contributed by atoms with Gasteiger partial charge in [0.1, 0.15) is 18.7 Å². The lowest BCUT2D eigenvalue weighted by Gasteiger charge is -2.42. The monoisotopic (exact) mass is 419 g/mol. The Morgan fingerprint density at radius 3 is 2.71 bits per heavy atom. The van der Waals surface area contributed by atoms with Crippen LogP contribution in [0, 0.1) is 11.3 Å². The number of aldehydes is 1. The van der Waals surface area contributed by atoms with E-state index in [4.69, 9.17) is 4.74 Å².